The largest absolute Gasteiger partial charge is 0.451 e. The Morgan fingerprint density at radius 2 is 1.92 bits per heavy atom. The maximum absolute atomic E-state index is 12.5. The Kier molecular flexibility index (Phi) is 5.92. The summed E-state index contributed by atoms with van der Waals surface area (Å²) in [6, 6.07) is 0. The average molecular weight is 350 g/mol. The van der Waals surface area contributed by atoms with Crippen LogP contribution in [0.25, 0.3) is 0 Å². The summed E-state index contributed by atoms with van der Waals surface area (Å²) in [5, 5.41) is 19.8. The SMILES string of the molecule is CC(C)[C@@]12/C=C\[C@@](C)(O)C/C=C\[C@](C)(OO)CC/C=C(\CC1)C(=O)O2. The maximum Gasteiger partial charge on any atom is 0.334 e. The molecule has 5 heteroatoms. The van der Waals surface area contributed by atoms with Gasteiger partial charge in [-0.25, -0.2) is 9.68 Å². The monoisotopic (exact) mass is 350 g/mol. The van der Waals surface area contributed by atoms with Crippen LogP contribution in [0.5, 0.6) is 0 Å². The van der Waals surface area contributed by atoms with Crippen LogP contribution in [0, 0.1) is 5.92 Å². The van der Waals surface area contributed by atoms with Crippen molar-refractivity contribution >= 4 is 5.97 Å². The molecule has 3 aliphatic rings. The summed E-state index contributed by atoms with van der Waals surface area (Å²) in [6.45, 7) is 7.52. The van der Waals surface area contributed by atoms with Gasteiger partial charge in [0.15, 0.2) is 0 Å². The highest BCUT2D eigenvalue weighted by atomic mass is 17.1. The van der Waals surface area contributed by atoms with Crippen molar-refractivity contribution in [3.63, 3.8) is 0 Å². The van der Waals surface area contributed by atoms with E-state index in [0.29, 0.717) is 37.7 Å². The van der Waals surface area contributed by atoms with Gasteiger partial charge in [0.05, 0.1) is 5.60 Å². The molecule has 1 aliphatic carbocycles. The lowest BCUT2D eigenvalue weighted by Gasteiger charge is -2.39. The maximum atomic E-state index is 12.5. The minimum atomic E-state index is -1.08. The first-order valence-electron chi connectivity index (χ1n) is 8.97. The summed E-state index contributed by atoms with van der Waals surface area (Å²) in [7, 11) is 0. The number of hydrogen-bond acceptors (Lipinski definition) is 5. The normalized spacial score (nSPS) is 41.6. The Hall–Kier alpha value is -1.43. The minimum absolute atomic E-state index is 0.111. The van der Waals surface area contributed by atoms with E-state index < -0.39 is 16.8 Å². The Bertz CT molecular complexity index is 587. The van der Waals surface area contributed by atoms with Gasteiger partial charge in [-0.3, -0.25) is 5.26 Å². The molecule has 0 aromatic rings. The van der Waals surface area contributed by atoms with E-state index in [1.165, 1.54) is 0 Å². The molecule has 2 aliphatic heterocycles. The van der Waals surface area contributed by atoms with E-state index >= 15 is 0 Å². The number of rotatable bonds is 2. The molecule has 3 rings (SSSR count). The quantitative estimate of drug-likeness (QED) is 0.341. The van der Waals surface area contributed by atoms with E-state index in [0.717, 1.165) is 0 Å². The van der Waals surface area contributed by atoms with E-state index in [4.69, 9.17) is 4.74 Å². The molecule has 1 saturated heterocycles. The number of fused-ring (bicyclic) bond motifs is 9. The van der Waals surface area contributed by atoms with Crippen molar-refractivity contribution in [2.75, 3.05) is 0 Å². The summed E-state index contributed by atoms with van der Waals surface area (Å²) < 4.78 is 5.81. The van der Waals surface area contributed by atoms with E-state index in [2.05, 4.69) is 4.89 Å². The predicted octanol–water partition coefficient (Wildman–Crippen LogP) is 3.94. The van der Waals surface area contributed by atoms with Crippen LogP contribution >= 0.6 is 0 Å². The minimum Gasteiger partial charge on any atom is -0.451 e. The van der Waals surface area contributed by atoms with Crippen LogP contribution in [0.3, 0.4) is 0 Å². The van der Waals surface area contributed by atoms with Gasteiger partial charge in [-0.1, -0.05) is 38.2 Å². The van der Waals surface area contributed by atoms with E-state index in [9.17, 15) is 15.2 Å². The number of aliphatic hydroxyl groups is 1. The summed E-state index contributed by atoms with van der Waals surface area (Å²) in [4.78, 5) is 17.1. The van der Waals surface area contributed by atoms with Crippen molar-refractivity contribution < 1.29 is 24.8 Å². The molecule has 0 spiro atoms. The molecule has 3 atom stereocenters. The number of ether oxygens (including phenoxy) is 1. The smallest absolute Gasteiger partial charge is 0.334 e. The molecule has 0 saturated carbocycles. The summed E-state index contributed by atoms with van der Waals surface area (Å²) in [5.74, 6) is -0.192. The van der Waals surface area contributed by atoms with Gasteiger partial charge in [0.25, 0.3) is 0 Å². The fourth-order valence-electron chi connectivity index (χ4n) is 3.25. The zero-order valence-electron chi connectivity index (χ0n) is 15.6. The molecule has 5 nitrogen and oxygen atoms in total. The van der Waals surface area contributed by atoms with Crippen molar-refractivity contribution in [3.8, 4) is 0 Å². The van der Waals surface area contributed by atoms with Crippen molar-refractivity contribution in [1.82, 2.24) is 0 Å². The molecule has 2 heterocycles. The van der Waals surface area contributed by atoms with Crippen LogP contribution in [0.4, 0.5) is 0 Å². The second-order valence-corrected chi connectivity index (χ2v) is 7.97. The average Bonchev–Trinajstić information content (AvgIpc) is 2.54. The summed E-state index contributed by atoms with van der Waals surface area (Å²) >= 11 is 0. The molecule has 0 aromatic carbocycles. The molecule has 0 unspecified atom stereocenters. The highest BCUT2D eigenvalue weighted by Crippen LogP contribution is 2.37. The highest BCUT2D eigenvalue weighted by Gasteiger charge is 2.40. The summed E-state index contributed by atoms with van der Waals surface area (Å²) in [6.07, 6.45) is 11.8. The van der Waals surface area contributed by atoms with E-state index in [1.54, 1.807) is 26.0 Å². The van der Waals surface area contributed by atoms with Crippen LogP contribution in [0.2, 0.25) is 0 Å². The van der Waals surface area contributed by atoms with Gasteiger partial charge in [0, 0.05) is 5.57 Å². The Morgan fingerprint density at radius 1 is 1.20 bits per heavy atom. The second kappa shape index (κ2) is 7.44. The van der Waals surface area contributed by atoms with Gasteiger partial charge in [0.1, 0.15) is 11.2 Å². The first-order chi connectivity index (χ1) is 11.6. The van der Waals surface area contributed by atoms with Gasteiger partial charge < -0.3 is 9.84 Å². The van der Waals surface area contributed by atoms with Crippen molar-refractivity contribution in [3.05, 3.63) is 36.0 Å². The van der Waals surface area contributed by atoms with Crippen LogP contribution in [0.1, 0.15) is 59.8 Å². The number of hydrogen-bond donors (Lipinski definition) is 2. The van der Waals surface area contributed by atoms with Crippen molar-refractivity contribution in [2.45, 2.75) is 76.6 Å². The Morgan fingerprint density at radius 3 is 2.52 bits per heavy atom. The lowest BCUT2D eigenvalue weighted by atomic mass is 9.80. The highest BCUT2D eigenvalue weighted by molar-refractivity contribution is 5.89. The molecule has 25 heavy (non-hydrogen) atoms. The molecular formula is C20H30O5. The van der Waals surface area contributed by atoms with Gasteiger partial charge in [-0.2, -0.15) is 0 Å². The number of allylic oxidation sites excluding steroid dienone is 1. The predicted molar refractivity (Wildman–Crippen MR) is 95.9 cm³/mol. The third-order valence-electron chi connectivity index (χ3n) is 5.27. The van der Waals surface area contributed by atoms with Crippen LogP contribution in [-0.2, 0) is 14.4 Å². The van der Waals surface area contributed by atoms with E-state index in [-0.39, 0.29) is 11.9 Å². The standard InChI is InChI=1S/C20H30O5/c1-15(2)20-12-8-16(17(21)24-20)7-5-10-19(4,25-23)11-6-9-18(3,22)13-14-20/h6-7,11,13-15,22-23H,5,8-10,12H2,1-4H3/b11-6-,14-13-,16-7+/t18-,19+,20-/m0/s1. The molecule has 2 N–H and O–H groups in total. The van der Waals surface area contributed by atoms with Gasteiger partial charge in [0.2, 0.25) is 0 Å². The van der Waals surface area contributed by atoms with Crippen LogP contribution in [-0.4, -0.2) is 33.1 Å². The summed E-state index contributed by atoms with van der Waals surface area (Å²) in [5.41, 5.74) is -1.96. The van der Waals surface area contributed by atoms with Crippen LogP contribution < -0.4 is 0 Å². The third kappa shape index (κ3) is 4.81. The molecule has 1 fully saturated rings. The zero-order valence-corrected chi connectivity index (χ0v) is 15.6. The number of esters is 1. The van der Waals surface area contributed by atoms with Crippen molar-refractivity contribution in [2.24, 2.45) is 5.92 Å². The molecular weight excluding hydrogens is 320 g/mol. The third-order valence-corrected chi connectivity index (χ3v) is 5.27. The fourth-order valence-corrected chi connectivity index (χ4v) is 3.25. The molecule has 140 valence electrons. The Labute approximate surface area is 149 Å². The van der Waals surface area contributed by atoms with Gasteiger partial charge >= 0.3 is 5.97 Å². The molecule has 0 aromatic heterocycles. The first kappa shape index (κ1) is 19.9. The molecule has 0 amide bonds. The van der Waals surface area contributed by atoms with Crippen LogP contribution in [0.15, 0.2) is 36.0 Å². The topological polar surface area (TPSA) is 76.0 Å². The van der Waals surface area contributed by atoms with Gasteiger partial charge in [-0.15, -0.1) is 0 Å². The van der Waals surface area contributed by atoms with Crippen molar-refractivity contribution in [1.29, 1.82) is 0 Å². The first-order valence-corrected chi connectivity index (χ1v) is 8.97. The molecule has 2 bridgehead atoms. The lowest BCUT2D eigenvalue weighted by molar-refractivity contribution is -0.303. The van der Waals surface area contributed by atoms with Gasteiger partial charge in [-0.05, 0) is 57.9 Å². The fraction of sp³-hybridized carbons (Fsp3) is 0.650. The lowest BCUT2D eigenvalue weighted by Crippen LogP contribution is -2.43. The molecule has 0 radical (unpaired) electrons. The number of carbonyl (C=O) groups is 1. The Balaban J connectivity index is 2.40. The zero-order chi connectivity index (χ0) is 18.7. The van der Waals surface area contributed by atoms with E-state index in [1.807, 2.05) is 32.1 Å². The number of carbonyl (C=O) groups excluding carboxylic acids is 1. The second-order valence-electron chi connectivity index (χ2n) is 7.97.